The van der Waals surface area contributed by atoms with Gasteiger partial charge in [-0.1, -0.05) is 12.1 Å². The number of hydrogen-bond donors (Lipinski definition) is 3. The summed E-state index contributed by atoms with van der Waals surface area (Å²) < 4.78 is 7.14. The number of para-hydroxylation sites is 2. The summed E-state index contributed by atoms with van der Waals surface area (Å²) in [6, 6.07) is 7.59. The number of ether oxygens (including phenoxy) is 1. The summed E-state index contributed by atoms with van der Waals surface area (Å²) in [5.74, 6) is 7.28. The summed E-state index contributed by atoms with van der Waals surface area (Å²) >= 11 is 0. The zero-order valence-corrected chi connectivity index (χ0v) is 10.9. The van der Waals surface area contributed by atoms with E-state index in [2.05, 4.69) is 20.7 Å². The first kappa shape index (κ1) is 12.2. The molecule has 7 nitrogen and oxygen atoms in total. The first-order valence-corrected chi connectivity index (χ1v) is 6.02. The first-order valence-electron chi connectivity index (χ1n) is 6.02. The van der Waals surface area contributed by atoms with Crippen LogP contribution in [0.1, 0.15) is 0 Å². The van der Waals surface area contributed by atoms with Crippen molar-refractivity contribution in [1.82, 2.24) is 14.4 Å². The summed E-state index contributed by atoms with van der Waals surface area (Å²) in [5, 5.41) is 3.21. The largest absolute Gasteiger partial charge is 0.495 e. The topological polar surface area (TPSA) is 89.5 Å². The molecule has 7 heteroatoms. The minimum atomic E-state index is 0.535. The van der Waals surface area contributed by atoms with Crippen molar-refractivity contribution in [3.63, 3.8) is 0 Å². The fraction of sp³-hybridized carbons (Fsp3) is 0.0769. The summed E-state index contributed by atoms with van der Waals surface area (Å²) in [6.45, 7) is 0. The van der Waals surface area contributed by atoms with Gasteiger partial charge in [0, 0.05) is 12.4 Å². The maximum atomic E-state index is 5.43. The van der Waals surface area contributed by atoms with E-state index in [0.29, 0.717) is 17.3 Å². The Hall–Kier alpha value is -2.80. The Balaban J connectivity index is 2.07. The van der Waals surface area contributed by atoms with Crippen LogP contribution < -0.4 is 21.3 Å². The number of nitrogen functional groups attached to an aromatic ring is 1. The third-order valence-corrected chi connectivity index (χ3v) is 2.88. The number of aromatic nitrogens is 3. The van der Waals surface area contributed by atoms with Crippen molar-refractivity contribution >= 4 is 23.0 Å². The van der Waals surface area contributed by atoms with Crippen LogP contribution in [0.5, 0.6) is 5.75 Å². The highest BCUT2D eigenvalue weighted by molar-refractivity contribution is 5.74. The van der Waals surface area contributed by atoms with Gasteiger partial charge in [0.1, 0.15) is 5.75 Å². The number of nitrogens with zero attached hydrogens (tertiary/aromatic N) is 3. The normalized spacial score (nSPS) is 10.5. The summed E-state index contributed by atoms with van der Waals surface area (Å²) in [4.78, 5) is 8.65. The van der Waals surface area contributed by atoms with E-state index in [4.69, 9.17) is 10.6 Å². The Morgan fingerprint density at radius 3 is 2.95 bits per heavy atom. The molecule has 102 valence electrons. The number of hydrazine groups is 1. The lowest BCUT2D eigenvalue weighted by Gasteiger charge is -2.12. The minimum absolute atomic E-state index is 0.535. The van der Waals surface area contributed by atoms with Crippen LogP contribution in [0.2, 0.25) is 0 Å². The Kier molecular flexibility index (Phi) is 3.10. The van der Waals surface area contributed by atoms with E-state index in [-0.39, 0.29) is 0 Å². The van der Waals surface area contributed by atoms with Crippen molar-refractivity contribution < 1.29 is 4.74 Å². The molecule has 0 aliphatic heterocycles. The number of rotatable bonds is 4. The second-order valence-electron chi connectivity index (χ2n) is 4.10. The monoisotopic (exact) mass is 270 g/mol. The van der Waals surface area contributed by atoms with Crippen LogP contribution in [0, 0.1) is 0 Å². The molecule has 4 N–H and O–H groups in total. The molecule has 0 aliphatic carbocycles. The molecular formula is C13H14N6O. The van der Waals surface area contributed by atoms with Gasteiger partial charge in [-0.2, -0.15) is 0 Å². The van der Waals surface area contributed by atoms with Gasteiger partial charge in [0.05, 0.1) is 19.0 Å². The molecule has 0 saturated carbocycles. The van der Waals surface area contributed by atoms with Gasteiger partial charge in [-0.3, -0.25) is 0 Å². The summed E-state index contributed by atoms with van der Waals surface area (Å²) in [5.41, 5.74) is 4.04. The summed E-state index contributed by atoms with van der Waals surface area (Å²) in [7, 11) is 1.62. The number of benzene rings is 1. The minimum Gasteiger partial charge on any atom is -0.495 e. The Labute approximate surface area is 115 Å². The van der Waals surface area contributed by atoms with Crippen molar-refractivity contribution in [2.24, 2.45) is 5.84 Å². The van der Waals surface area contributed by atoms with Crippen LogP contribution in [0.4, 0.5) is 17.3 Å². The highest BCUT2D eigenvalue weighted by atomic mass is 16.5. The second kappa shape index (κ2) is 5.06. The SMILES string of the molecule is COc1ccccc1Nc1nc(NN)cn2ccnc12. The lowest BCUT2D eigenvalue weighted by molar-refractivity contribution is 0.417. The molecule has 0 saturated heterocycles. The van der Waals surface area contributed by atoms with Gasteiger partial charge < -0.3 is 19.9 Å². The standard InChI is InChI=1S/C13H14N6O/c1-20-10-5-3-2-4-9(10)16-12-13-15-6-7-19(13)8-11(17-12)18-14/h2-8,18H,14H2,1H3,(H,16,17). The molecule has 0 aliphatic rings. The highest BCUT2D eigenvalue weighted by Gasteiger charge is 2.09. The number of hydrogen-bond acceptors (Lipinski definition) is 6. The van der Waals surface area contributed by atoms with Crippen molar-refractivity contribution in [3.05, 3.63) is 42.9 Å². The Morgan fingerprint density at radius 2 is 2.15 bits per heavy atom. The van der Waals surface area contributed by atoms with E-state index in [9.17, 15) is 0 Å². The molecule has 0 spiro atoms. The maximum Gasteiger partial charge on any atom is 0.180 e. The van der Waals surface area contributed by atoms with E-state index in [1.54, 1.807) is 19.5 Å². The van der Waals surface area contributed by atoms with E-state index in [1.807, 2.05) is 34.9 Å². The molecule has 0 atom stereocenters. The molecule has 2 aromatic heterocycles. The smallest absolute Gasteiger partial charge is 0.180 e. The molecule has 0 radical (unpaired) electrons. The zero-order valence-electron chi connectivity index (χ0n) is 10.9. The average Bonchev–Trinajstić information content (AvgIpc) is 2.96. The Morgan fingerprint density at radius 1 is 1.30 bits per heavy atom. The van der Waals surface area contributed by atoms with Gasteiger partial charge in [0.2, 0.25) is 0 Å². The summed E-state index contributed by atoms with van der Waals surface area (Å²) in [6.07, 6.45) is 5.28. The van der Waals surface area contributed by atoms with Crippen LogP contribution in [0.25, 0.3) is 5.65 Å². The number of fused-ring (bicyclic) bond motifs is 1. The second-order valence-corrected chi connectivity index (χ2v) is 4.10. The van der Waals surface area contributed by atoms with Gasteiger partial charge in [0.25, 0.3) is 0 Å². The van der Waals surface area contributed by atoms with Crippen LogP contribution in [-0.2, 0) is 0 Å². The van der Waals surface area contributed by atoms with Crippen LogP contribution in [0.15, 0.2) is 42.9 Å². The Bertz CT molecular complexity index is 739. The highest BCUT2D eigenvalue weighted by Crippen LogP contribution is 2.28. The van der Waals surface area contributed by atoms with Crippen molar-refractivity contribution in [2.75, 3.05) is 17.9 Å². The van der Waals surface area contributed by atoms with Gasteiger partial charge >= 0.3 is 0 Å². The van der Waals surface area contributed by atoms with Gasteiger partial charge in [0.15, 0.2) is 17.3 Å². The molecule has 2 heterocycles. The lowest BCUT2D eigenvalue weighted by Crippen LogP contribution is -2.11. The van der Waals surface area contributed by atoms with E-state index in [1.165, 1.54) is 0 Å². The molecule has 3 rings (SSSR count). The number of nitrogens with two attached hydrogens (primary N) is 1. The quantitative estimate of drug-likeness (QED) is 0.494. The molecule has 0 fully saturated rings. The van der Waals surface area contributed by atoms with Gasteiger partial charge in [-0.15, -0.1) is 0 Å². The predicted octanol–water partition coefficient (Wildman–Crippen LogP) is 1.77. The molecule has 1 aromatic carbocycles. The number of anilines is 3. The fourth-order valence-electron chi connectivity index (χ4n) is 1.96. The third-order valence-electron chi connectivity index (χ3n) is 2.88. The molecule has 0 bridgehead atoms. The predicted molar refractivity (Wildman–Crippen MR) is 77.1 cm³/mol. The molecule has 3 aromatic rings. The van der Waals surface area contributed by atoms with E-state index in [0.717, 1.165) is 11.4 Å². The van der Waals surface area contributed by atoms with Crippen molar-refractivity contribution in [3.8, 4) is 5.75 Å². The van der Waals surface area contributed by atoms with Gasteiger partial charge in [-0.05, 0) is 12.1 Å². The van der Waals surface area contributed by atoms with E-state index >= 15 is 0 Å². The van der Waals surface area contributed by atoms with Crippen LogP contribution in [0.3, 0.4) is 0 Å². The first-order chi connectivity index (χ1) is 9.81. The van der Waals surface area contributed by atoms with Crippen LogP contribution >= 0.6 is 0 Å². The average molecular weight is 270 g/mol. The number of imidazole rings is 1. The maximum absolute atomic E-state index is 5.43. The van der Waals surface area contributed by atoms with E-state index < -0.39 is 0 Å². The fourth-order valence-corrected chi connectivity index (χ4v) is 1.96. The van der Waals surface area contributed by atoms with Crippen molar-refractivity contribution in [2.45, 2.75) is 0 Å². The molecular weight excluding hydrogens is 256 g/mol. The molecule has 0 unspecified atom stereocenters. The number of nitrogens with one attached hydrogen (secondary N) is 2. The number of methoxy groups -OCH3 is 1. The van der Waals surface area contributed by atoms with Gasteiger partial charge in [-0.25, -0.2) is 15.8 Å². The zero-order chi connectivity index (χ0) is 13.9. The molecule has 0 amide bonds. The molecule has 20 heavy (non-hydrogen) atoms. The lowest BCUT2D eigenvalue weighted by atomic mass is 10.3. The third kappa shape index (κ3) is 2.10. The van der Waals surface area contributed by atoms with Crippen molar-refractivity contribution in [1.29, 1.82) is 0 Å². The van der Waals surface area contributed by atoms with Crippen LogP contribution in [-0.4, -0.2) is 21.5 Å².